The molecule has 0 heterocycles. The highest BCUT2D eigenvalue weighted by Gasteiger charge is 2.12. The number of anilines is 1. The van der Waals surface area contributed by atoms with Crippen molar-refractivity contribution in [3.63, 3.8) is 0 Å². The lowest BCUT2D eigenvalue weighted by Crippen LogP contribution is -2.35. The Hall–Kier alpha value is -1.84. The molecule has 1 rings (SSSR count). The van der Waals surface area contributed by atoms with E-state index in [9.17, 15) is 9.59 Å². The number of hydrazine groups is 1. The average molecular weight is 417 g/mol. The number of para-hydroxylation sites is 1. The van der Waals surface area contributed by atoms with E-state index in [4.69, 9.17) is 0 Å². The molecule has 0 aliphatic rings. The van der Waals surface area contributed by atoms with E-state index in [1.54, 1.807) is 0 Å². The molecule has 0 fully saturated rings. The lowest BCUT2D eigenvalue weighted by Gasteiger charge is -2.07. The Labute approximate surface area is 184 Å². The van der Waals surface area contributed by atoms with Crippen LogP contribution in [0.2, 0.25) is 0 Å². The number of Topliss-reactive ketones (excluding diaryl/α,β-unsaturated/α-hetero) is 1. The van der Waals surface area contributed by atoms with Crippen LogP contribution in [0.1, 0.15) is 116 Å². The number of rotatable bonds is 20. The van der Waals surface area contributed by atoms with E-state index in [2.05, 4.69) is 17.8 Å². The highest BCUT2D eigenvalue weighted by molar-refractivity contribution is 6.36. The maximum atomic E-state index is 11.9. The number of carbonyl (C=O) groups excluding carboxylic acids is 2. The molecule has 0 radical (unpaired) electrons. The van der Waals surface area contributed by atoms with Gasteiger partial charge in [0.2, 0.25) is 5.78 Å². The first-order valence-corrected chi connectivity index (χ1v) is 12.4. The first kappa shape index (κ1) is 26.2. The molecule has 0 aliphatic heterocycles. The zero-order chi connectivity index (χ0) is 21.7. The van der Waals surface area contributed by atoms with Gasteiger partial charge in [0.25, 0.3) is 0 Å². The van der Waals surface area contributed by atoms with Gasteiger partial charge in [0.15, 0.2) is 0 Å². The minimum atomic E-state index is -0.556. The van der Waals surface area contributed by atoms with Gasteiger partial charge in [-0.25, -0.2) is 0 Å². The van der Waals surface area contributed by atoms with Crippen molar-refractivity contribution in [2.45, 2.75) is 116 Å². The molecule has 4 heteroatoms. The first-order valence-electron chi connectivity index (χ1n) is 12.4. The molecule has 0 saturated carbocycles. The average Bonchev–Trinajstić information content (AvgIpc) is 2.77. The monoisotopic (exact) mass is 416 g/mol. The quantitative estimate of drug-likeness (QED) is 0.133. The third-order valence-corrected chi connectivity index (χ3v) is 5.60. The Morgan fingerprint density at radius 2 is 1.07 bits per heavy atom. The molecule has 2 N–H and O–H groups in total. The number of ketones is 1. The minimum absolute atomic E-state index is 0.334. The van der Waals surface area contributed by atoms with Crippen molar-refractivity contribution in [3.8, 4) is 0 Å². The van der Waals surface area contributed by atoms with Crippen LogP contribution in [0.5, 0.6) is 0 Å². The van der Waals surface area contributed by atoms with Crippen molar-refractivity contribution in [2.24, 2.45) is 0 Å². The Kier molecular flexibility index (Phi) is 16.7. The van der Waals surface area contributed by atoms with Gasteiger partial charge < -0.3 is 0 Å². The van der Waals surface area contributed by atoms with Crippen molar-refractivity contribution >= 4 is 17.4 Å². The van der Waals surface area contributed by atoms with Gasteiger partial charge in [-0.3, -0.25) is 20.4 Å². The lowest BCUT2D eigenvalue weighted by molar-refractivity contribution is -0.137. The van der Waals surface area contributed by atoms with Crippen LogP contribution in [0.25, 0.3) is 0 Å². The second-order valence-corrected chi connectivity index (χ2v) is 8.42. The lowest BCUT2D eigenvalue weighted by atomic mass is 10.0. The van der Waals surface area contributed by atoms with E-state index in [1.165, 1.54) is 83.5 Å². The number of nitrogens with one attached hydrogen (secondary N) is 2. The van der Waals surface area contributed by atoms with Crippen molar-refractivity contribution in [1.82, 2.24) is 5.43 Å². The van der Waals surface area contributed by atoms with Crippen molar-refractivity contribution in [3.05, 3.63) is 30.3 Å². The number of hydrogen-bond donors (Lipinski definition) is 2. The largest absolute Gasteiger partial charge is 0.305 e. The summed E-state index contributed by atoms with van der Waals surface area (Å²) in [6.45, 7) is 2.27. The Bertz CT molecular complexity index is 545. The highest BCUT2D eigenvalue weighted by atomic mass is 16.2. The number of amides is 1. The minimum Gasteiger partial charge on any atom is -0.298 e. The van der Waals surface area contributed by atoms with Crippen LogP contribution in [-0.4, -0.2) is 11.7 Å². The van der Waals surface area contributed by atoms with Gasteiger partial charge in [-0.05, 0) is 18.6 Å². The summed E-state index contributed by atoms with van der Waals surface area (Å²) in [7, 11) is 0. The fourth-order valence-electron chi connectivity index (χ4n) is 3.67. The fourth-order valence-corrected chi connectivity index (χ4v) is 3.67. The summed E-state index contributed by atoms with van der Waals surface area (Å²) < 4.78 is 0. The molecule has 1 amide bonds. The number of hydrogen-bond acceptors (Lipinski definition) is 3. The standard InChI is InChI=1S/C26H44N2O2/c1-2-3-4-5-6-7-8-9-10-11-12-13-14-15-16-20-23-25(29)26(30)28-27-24-21-18-17-19-22-24/h17-19,21-22,27H,2-16,20,23H2,1H3,(H,28,30). The molecule has 30 heavy (non-hydrogen) atoms. The summed E-state index contributed by atoms with van der Waals surface area (Å²) in [6, 6.07) is 9.30. The van der Waals surface area contributed by atoms with Crippen LogP contribution in [-0.2, 0) is 9.59 Å². The van der Waals surface area contributed by atoms with Gasteiger partial charge in [-0.2, -0.15) is 0 Å². The molecule has 0 saturated heterocycles. The van der Waals surface area contributed by atoms with Crippen LogP contribution in [0, 0.1) is 0 Å². The van der Waals surface area contributed by atoms with Crippen molar-refractivity contribution in [2.75, 3.05) is 5.43 Å². The normalized spacial score (nSPS) is 10.7. The van der Waals surface area contributed by atoms with Gasteiger partial charge in [0.05, 0.1) is 5.69 Å². The summed E-state index contributed by atoms with van der Waals surface area (Å²) in [4.78, 5) is 23.6. The van der Waals surface area contributed by atoms with E-state index in [0.717, 1.165) is 24.9 Å². The van der Waals surface area contributed by atoms with Crippen LogP contribution >= 0.6 is 0 Å². The molecule has 0 spiro atoms. The second-order valence-electron chi connectivity index (χ2n) is 8.42. The van der Waals surface area contributed by atoms with Crippen LogP contribution in [0.4, 0.5) is 5.69 Å². The highest BCUT2D eigenvalue weighted by Crippen LogP contribution is 2.14. The van der Waals surface area contributed by atoms with Gasteiger partial charge in [-0.15, -0.1) is 0 Å². The van der Waals surface area contributed by atoms with Gasteiger partial charge in [-0.1, -0.05) is 121 Å². The molecular weight excluding hydrogens is 372 g/mol. The summed E-state index contributed by atoms with van der Waals surface area (Å²) in [5.41, 5.74) is 5.99. The number of benzene rings is 1. The number of unbranched alkanes of at least 4 members (excludes halogenated alkanes) is 15. The summed E-state index contributed by atoms with van der Waals surface area (Å²) >= 11 is 0. The van der Waals surface area contributed by atoms with Crippen LogP contribution in [0.3, 0.4) is 0 Å². The van der Waals surface area contributed by atoms with Gasteiger partial charge in [0, 0.05) is 6.42 Å². The van der Waals surface area contributed by atoms with Crippen LogP contribution < -0.4 is 10.9 Å². The summed E-state index contributed by atoms with van der Waals surface area (Å²) in [5, 5.41) is 0. The van der Waals surface area contributed by atoms with Gasteiger partial charge >= 0.3 is 5.91 Å². The predicted molar refractivity (Wildman–Crippen MR) is 127 cm³/mol. The Morgan fingerprint density at radius 3 is 1.53 bits per heavy atom. The summed E-state index contributed by atoms with van der Waals surface area (Å²) in [6.07, 6.45) is 21.2. The van der Waals surface area contributed by atoms with E-state index >= 15 is 0 Å². The van der Waals surface area contributed by atoms with E-state index in [-0.39, 0.29) is 5.78 Å². The van der Waals surface area contributed by atoms with Crippen molar-refractivity contribution in [1.29, 1.82) is 0 Å². The zero-order valence-electron chi connectivity index (χ0n) is 19.2. The Balaban J connectivity index is 1.82. The molecule has 1 aromatic carbocycles. The molecule has 1 aromatic rings. The molecule has 0 aromatic heterocycles. The predicted octanol–water partition coefficient (Wildman–Crippen LogP) is 7.35. The second kappa shape index (κ2) is 19.1. The third-order valence-electron chi connectivity index (χ3n) is 5.60. The topological polar surface area (TPSA) is 58.2 Å². The maximum Gasteiger partial charge on any atom is 0.305 e. The number of carbonyl (C=O) groups is 2. The van der Waals surface area contributed by atoms with Gasteiger partial charge in [0.1, 0.15) is 0 Å². The molecule has 4 nitrogen and oxygen atoms in total. The Morgan fingerprint density at radius 1 is 0.633 bits per heavy atom. The zero-order valence-corrected chi connectivity index (χ0v) is 19.2. The SMILES string of the molecule is CCCCCCCCCCCCCCCCCCC(=O)C(=O)NNc1ccccc1. The van der Waals surface area contributed by atoms with Crippen molar-refractivity contribution < 1.29 is 9.59 Å². The van der Waals surface area contributed by atoms with E-state index < -0.39 is 5.91 Å². The first-order chi connectivity index (χ1) is 14.7. The summed E-state index contributed by atoms with van der Waals surface area (Å²) in [5.74, 6) is -0.899. The smallest absolute Gasteiger partial charge is 0.298 e. The third kappa shape index (κ3) is 15.1. The molecule has 170 valence electrons. The van der Waals surface area contributed by atoms with E-state index in [1.807, 2.05) is 30.3 Å². The molecular formula is C26H44N2O2. The molecule has 0 unspecified atom stereocenters. The van der Waals surface area contributed by atoms with Crippen LogP contribution in [0.15, 0.2) is 30.3 Å². The maximum absolute atomic E-state index is 11.9. The van der Waals surface area contributed by atoms with E-state index in [0.29, 0.717) is 6.42 Å². The molecule has 0 aliphatic carbocycles. The fraction of sp³-hybridized carbons (Fsp3) is 0.692. The molecule has 0 bridgehead atoms. The molecule has 0 atom stereocenters.